The zero-order valence-electron chi connectivity index (χ0n) is 41.3. The summed E-state index contributed by atoms with van der Waals surface area (Å²) in [5.41, 5.74) is 14.4. The average Bonchev–Trinajstić information content (AvgIpc) is 3.96. The van der Waals surface area contributed by atoms with Crippen molar-refractivity contribution in [1.82, 2.24) is 4.57 Å². The SMILES string of the molecule is [2H]c1c([2H])c([2H])c([Si](/C(=C/C=C)C2=C(C)C3c4ccccc4C2c2c3cccc2-n2c3ccccc3c3cc(-c4ccc5oc6ccccc6c5c4)ccc32)(c2ccccc2)c2ccccc2)c([2H])c1[2H]. The van der Waals surface area contributed by atoms with E-state index in [1.165, 1.54) is 27.8 Å². The smallest absolute Gasteiger partial charge is 0.179 e. The third-order valence-electron chi connectivity index (χ3n) is 14.4. The van der Waals surface area contributed by atoms with Gasteiger partial charge in [0.05, 0.1) is 23.6 Å². The molecule has 0 saturated heterocycles. The minimum atomic E-state index is -3.88. The Labute approximate surface area is 392 Å². The van der Waals surface area contributed by atoms with E-state index in [4.69, 9.17) is 5.79 Å². The molecule has 0 N–H and O–H groups in total. The highest BCUT2D eigenvalue weighted by atomic mass is 28.3. The average molecular weight is 865 g/mol. The molecule has 0 saturated carbocycles. The number of benzene rings is 9. The third kappa shape index (κ3) is 5.47. The molecule has 0 amide bonds. The van der Waals surface area contributed by atoms with Crippen LogP contribution in [0.3, 0.4) is 0 Å². The van der Waals surface area contributed by atoms with E-state index in [1.807, 2.05) is 54.6 Å². The van der Waals surface area contributed by atoms with Crippen LogP contribution < -0.4 is 15.6 Å². The summed E-state index contributed by atoms with van der Waals surface area (Å²) in [4.78, 5) is 0. The Morgan fingerprint density at radius 3 is 1.88 bits per heavy atom. The Kier molecular flexibility index (Phi) is 7.64. The van der Waals surface area contributed by atoms with Gasteiger partial charge in [0.25, 0.3) is 0 Å². The lowest BCUT2D eigenvalue weighted by Crippen LogP contribution is -2.69. The van der Waals surface area contributed by atoms with E-state index < -0.39 is 14.1 Å². The second-order valence-electron chi connectivity index (χ2n) is 17.6. The van der Waals surface area contributed by atoms with Crippen molar-refractivity contribution in [1.29, 1.82) is 0 Å². The van der Waals surface area contributed by atoms with Gasteiger partial charge in [-0.1, -0.05) is 200 Å². The molecule has 3 aliphatic rings. The fourth-order valence-corrected chi connectivity index (χ4v) is 16.6. The summed E-state index contributed by atoms with van der Waals surface area (Å²) in [6.45, 7) is 6.61. The van der Waals surface area contributed by atoms with Crippen molar-refractivity contribution >= 4 is 67.4 Å². The molecule has 2 heterocycles. The summed E-state index contributed by atoms with van der Waals surface area (Å²) >= 11 is 0. The molecule has 2 atom stereocenters. The normalized spacial score (nSPS) is 16.8. The Bertz CT molecular complexity index is 4040. The number of nitrogens with zero attached hydrogens (tertiary/aromatic N) is 1. The number of fused-ring (bicyclic) bond motifs is 6. The van der Waals surface area contributed by atoms with E-state index in [1.54, 1.807) is 0 Å². The van der Waals surface area contributed by atoms with Crippen molar-refractivity contribution in [3.05, 3.63) is 276 Å². The molecule has 3 heteroatoms. The van der Waals surface area contributed by atoms with Gasteiger partial charge in [0, 0.05) is 33.4 Å². The van der Waals surface area contributed by atoms with Crippen LogP contribution in [0.15, 0.2) is 258 Å². The summed E-state index contributed by atoms with van der Waals surface area (Å²) in [6.07, 6.45) is 3.93. The van der Waals surface area contributed by atoms with Crippen LogP contribution in [0, 0.1) is 0 Å². The minimum absolute atomic E-state index is 0.124. The summed E-state index contributed by atoms with van der Waals surface area (Å²) in [7, 11) is -3.88. The first-order chi connectivity index (χ1) is 34.7. The van der Waals surface area contributed by atoms with E-state index in [0.29, 0.717) is 5.19 Å². The van der Waals surface area contributed by atoms with Gasteiger partial charge >= 0.3 is 0 Å². The fraction of sp³-hybridized carbons (Fsp3) is 0.0476. The zero-order valence-corrected chi connectivity index (χ0v) is 37.3. The molecule has 0 fully saturated rings. The number of hydrogen-bond donors (Lipinski definition) is 0. The predicted octanol–water partition coefficient (Wildman–Crippen LogP) is 14.1. The molecule has 9 aromatic carbocycles. The van der Waals surface area contributed by atoms with Gasteiger partial charge in [-0.05, 0) is 109 Å². The molecule has 66 heavy (non-hydrogen) atoms. The van der Waals surface area contributed by atoms with Crippen molar-refractivity contribution in [2.24, 2.45) is 0 Å². The number of para-hydroxylation sites is 2. The minimum Gasteiger partial charge on any atom is -0.456 e. The van der Waals surface area contributed by atoms with E-state index in [-0.39, 0.29) is 36.0 Å². The number of furan rings is 1. The first-order valence-corrected chi connectivity index (χ1v) is 24.6. The quantitative estimate of drug-likeness (QED) is 0.0845. The molecule has 312 valence electrons. The lowest BCUT2D eigenvalue weighted by atomic mass is 9.60. The summed E-state index contributed by atoms with van der Waals surface area (Å²) in [5, 5.41) is 7.60. The standard InChI is InChI=1S/C63H45NOSi/c1-3-20-59(66(44-21-7-4-8-22-44,45-23-9-5-10-24-45)46-25-11-6-12-26-46)61-41(2)60-49-29-13-14-30-50(49)63(61)62-51(60)31-19-33-56(62)64-54-32-17-15-27-47(54)52-39-42(35-37-55(52)64)43-36-38-58-53(40-43)48-28-16-18-34-57(48)65-58/h3-40,60,63H,1H2,2H3/b59-20+/i4D,7D,8D,21D,22D. The van der Waals surface area contributed by atoms with Crippen LogP contribution in [-0.2, 0) is 0 Å². The molecule has 2 nitrogen and oxygen atoms in total. The van der Waals surface area contributed by atoms with Crippen LogP contribution in [0.4, 0.5) is 0 Å². The second kappa shape index (κ2) is 15.1. The van der Waals surface area contributed by atoms with Crippen LogP contribution >= 0.6 is 0 Å². The number of allylic oxidation sites excluding steroid dienone is 5. The molecule has 2 unspecified atom stereocenters. The highest BCUT2D eigenvalue weighted by Gasteiger charge is 2.51. The molecular weight excluding hydrogens is 815 g/mol. The van der Waals surface area contributed by atoms with E-state index >= 15 is 0 Å². The van der Waals surface area contributed by atoms with Gasteiger partial charge in [-0.25, -0.2) is 0 Å². The Morgan fingerprint density at radius 1 is 0.545 bits per heavy atom. The van der Waals surface area contributed by atoms with Crippen molar-refractivity contribution in [3.8, 4) is 16.8 Å². The van der Waals surface area contributed by atoms with Crippen LogP contribution in [0.2, 0.25) is 0 Å². The van der Waals surface area contributed by atoms with Gasteiger partial charge in [-0.2, -0.15) is 0 Å². The van der Waals surface area contributed by atoms with Gasteiger partial charge < -0.3 is 8.98 Å². The second-order valence-corrected chi connectivity index (χ2v) is 21.3. The first kappa shape index (κ1) is 33.5. The highest BCUT2D eigenvalue weighted by Crippen LogP contribution is 2.59. The molecule has 0 aliphatic heterocycles. The molecule has 0 spiro atoms. The van der Waals surface area contributed by atoms with E-state index in [0.717, 1.165) is 81.7 Å². The molecule has 11 aromatic rings. The topological polar surface area (TPSA) is 18.1 Å². The number of rotatable bonds is 8. The highest BCUT2D eigenvalue weighted by molar-refractivity contribution is 7.16. The number of hydrogen-bond acceptors (Lipinski definition) is 1. The molecular formula is C63H45NOSi. The van der Waals surface area contributed by atoms with Crippen molar-refractivity contribution < 1.29 is 11.3 Å². The van der Waals surface area contributed by atoms with Crippen LogP contribution in [0.5, 0.6) is 0 Å². The Balaban J connectivity index is 1.09. The fourth-order valence-electron chi connectivity index (χ4n) is 11.8. The summed E-state index contributed by atoms with van der Waals surface area (Å²) < 4.78 is 55.4. The lowest BCUT2D eigenvalue weighted by molar-refractivity contribution is 0.669. The lowest BCUT2D eigenvalue weighted by Gasteiger charge is -2.48. The summed E-state index contributed by atoms with van der Waals surface area (Å²) in [6, 6.07) is 64.6. The Hall–Kier alpha value is -7.98. The maximum atomic E-state index is 9.82. The maximum Gasteiger partial charge on any atom is 0.179 e. The van der Waals surface area contributed by atoms with E-state index in [9.17, 15) is 5.48 Å². The van der Waals surface area contributed by atoms with Crippen LogP contribution in [-0.4, -0.2) is 12.6 Å². The van der Waals surface area contributed by atoms with Crippen LogP contribution in [0.1, 0.15) is 47.9 Å². The number of aromatic nitrogens is 1. The third-order valence-corrected chi connectivity index (χ3v) is 19.0. The molecule has 2 aromatic heterocycles. The zero-order chi connectivity index (χ0) is 48.3. The summed E-state index contributed by atoms with van der Waals surface area (Å²) in [5.74, 6) is -0.425. The molecule has 3 aliphatic carbocycles. The largest absolute Gasteiger partial charge is 0.456 e. The van der Waals surface area contributed by atoms with Gasteiger partial charge in [0.1, 0.15) is 11.2 Å². The van der Waals surface area contributed by atoms with Crippen molar-refractivity contribution in [3.63, 3.8) is 0 Å². The van der Waals surface area contributed by atoms with Gasteiger partial charge in [0.15, 0.2) is 8.07 Å². The molecule has 0 radical (unpaired) electrons. The van der Waals surface area contributed by atoms with Gasteiger partial charge in [0.2, 0.25) is 0 Å². The van der Waals surface area contributed by atoms with Crippen LogP contribution in [0.25, 0.3) is 60.6 Å². The monoisotopic (exact) mass is 864 g/mol. The Morgan fingerprint density at radius 2 is 1.14 bits per heavy atom. The molecule has 2 bridgehead atoms. The van der Waals surface area contributed by atoms with Gasteiger partial charge in [-0.15, -0.1) is 0 Å². The first-order valence-electron chi connectivity index (χ1n) is 25.1. The van der Waals surface area contributed by atoms with Gasteiger partial charge in [-0.3, -0.25) is 0 Å². The predicted molar refractivity (Wildman–Crippen MR) is 279 cm³/mol. The maximum absolute atomic E-state index is 9.82. The van der Waals surface area contributed by atoms with E-state index in [2.05, 4.69) is 164 Å². The molecule has 14 rings (SSSR count). The van der Waals surface area contributed by atoms with Crippen molar-refractivity contribution in [2.75, 3.05) is 0 Å². The van der Waals surface area contributed by atoms with Crippen molar-refractivity contribution in [2.45, 2.75) is 18.8 Å².